The predicted octanol–water partition coefficient (Wildman–Crippen LogP) is 1.25. The summed E-state index contributed by atoms with van der Waals surface area (Å²) in [4.78, 5) is 8.37. The molecule has 90 valence electrons. The van der Waals surface area contributed by atoms with Gasteiger partial charge in [0, 0.05) is 17.8 Å². The third kappa shape index (κ3) is 2.79. The Labute approximate surface area is 99.0 Å². The lowest BCUT2D eigenvalue weighted by atomic mass is 10.3. The van der Waals surface area contributed by atoms with E-state index in [9.17, 15) is 0 Å². The average molecular weight is 234 g/mol. The molecule has 0 amide bonds. The second-order valence-electron chi connectivity index (χ2n) is 3.36. The number of rotatable bonds is 5. The summed E-state index contributed by atoms with van der Waals surface area (Å²) in [7, 11) is 1.82. The van der Waals surface area contributed by atoms with Crippen molar-refractivity contribution >= 4 is 0 Å². The van der Waals surface area contributed by atoms with Crippen molar-refractivity contribution in [1.29, 1.82) is 0 Å². The molecular weight excluding hydrogens is 220 g/mol. The second kappa shape index (κ2) is 5.40. The molecule has 0 saturated heterocycles. The van der Waals surface area contributed by atoms with Gasteiger partial charge in [0.25, 0.3) is 0 Å². The van der Waals surface area contributed by atoms with E-state index in [0.717, 1.165) is 5.56 Å². The largest absolute Gasteiger partial charge is 0.478 e. The summed E-state index contributed by atoms with van der Waals surface area (Å²) in [5.41, 5.74) is 0.805. The quantitative estimate of drug-likeness (QED) is 0.839. The van der Waals surface area contributed by atoms with Gasteiger partial charge in [0.15, 0.2) is 0 Å². The molecule has 0 radical (unpaired) electrons. The molecule has 6 heteroatoms. The zero-order valence-corrected chi connectivity index (χ0v) is 9.80. The SMILES string of the molecule is CCOc1ccc(-c2noc(CNC)n2)cn1. The van der Waals surface area contributed by atoms with Crippen LogP contribution in [0.25, 0.3) is 11.4 Å². The van der Waals surface area contributed by atoms with Crippen molar-refractivity contribution in [2.75, 3.05) is 13.7 Å². The van der Waals surface area contributed by atoms with Crippen LogP contribution in [0.4, 0.5) is 0 Å². The summed E-state index contributed by atoms with van der Waals surface area (Å²) >= 11 is 0. The van der Waals surface area contributed by atoms with Gasteiger partial charge in [-0.25, -0.2) is 4.98 Å². The van der Waals surface area contributed by atoms with Crippen molar-refractivity contribution in [3.63, 3.8) is 0 Å². The topological polar surface area (TPSA) is 73.1 Å². The van der Waals surface area contributed by atoms with Gasteiger partial charge in [-0.05, 0) is 20.0 Å². The highest BCUT2D eigenvalue weighted by atomic mass is 16.5. The number of aromatic nitrogens is 3. The Bertz CT molecular complexity index is 467. The van der Waals surface area contributed by atoms with E-state index in [-0.39, 0.29) is 0 Å². The van der Waals surface area contributed by atoms with Crippen molar-refractivity contribution in [1.82, 2.24) is 20.4 Å². The molecule has 2 aromatic rings. The number of pyridine rings is 1. The van der Waals surface area contributed by atoms with Crippen molar-refractivity contribution in [2.45, 2.75) is 13.5 Å². The van der Waals surface area contributed by atoms with Gasteiger partial charge in [-0.1, -0.05) is 5.16 Å². The lowest BCUT2D eigenvalue weighted by molar-refractivity contribution is 0.327. The monoisotopic (exact) mass is 234 g/mol. The van der Waals surface area contributed by atoms with Crippen molar-refractivity contribution in [2.24, 2.45) is 0 Å². The number of hydrogen-bond acceptors (Lipinski definition) is 6. The molecule has 2 rings (SSSR count). The van der Waals surface area contributed by atoms with Gasteiger partial charge in [0.1, 0.15) is 0 Å². The predicted molar refractivity (Wildman–Crippen MR) is 61.5 cm³/mol. The van der Waals surface area contributed by atoms with Crippen LogP contribution in [0.2, 0.25) is 0 Å². The lowest BCUT2D eigenvalue weighted by Gasteiger charge is -2.00. The van der Waals surface area contributed by atoms with E-state index in [1.54, 1.807) is 12.3 Å². The van der Waals surface area contributed by atoms with Gasteiger partial charge < -0.3 is 14.6 Å². The molecule has 0 unspecified atom stereocenters. The fourth-order valence-electron chi connectivity index (χ4n) is 1.34. The highest BCUT2D eigenvalue weighted by Gasteiger charge is 2.08. The average Bonchev–Trinajstić information content (AvgIpc) is 2.80. The fraction of sp³-hybridized carbons (Fsp3) is 0.364. The van der Waals surface area contributed by atoms with Gasteiger partial charge in [-0.15, -0.1) is 0 Å². The zero-order chi connectivity index (χ0) is 12.1. The Balaban J connectivity index is 2.15. The highest BCUT2D eigenvalue weighted by Crippen LogP contribution is 2.17. The van der Waals surface area contributed by atoms with Crippen LogP contribution < -0.4 is 10.1 Å². The Morgan fingerprint density at radius 2 is 2.29 bits per heavy atom. The van der Waals surface area contributed by atoms with Crippen molar-refractivity contribution < 1.29 is 9.26 Å². The van der Waals surface area contributed by atoms with Gasteiger partial charge in [0.2, 0.25) is 17.6 Å². The van der Waals surface area contributed by atoms with Crippen molar-refractivity contribution in [3.05, 3.63) is 24.2 Å². The number of hydrogen-bond donors (Lipinski definition) is 1. The second-order valence-corrected chi connectivity index (χ2v) is 3.36. The van der Waals surface area contributed by atoms with E-state index in [1.165, 1.54) is 0 Å². The lowest BCUT2D eigenvalue weighted by Crippen LogP contribution is -2.04. The molecule has 1 N–H and O–H groups in total. The van der Waals surface area contributed by atoms with E-state index in [0.29, 0.717) is 30.7 Å². The molecule has 2 aromatic heterocycles. The minimum absolute atomic E-state index is 0.533. The molecule has 2 heterocycles. The Morgan fingerprint density at radius 1 is 1.41 bits per heavy atom. The van der Waals surface area contributed by atoms with Gasteiger partial charge in [-0.2, -0.15) is 4.98 Å². The molecule has 0 aliphatic heterocycles. The molecule has 0 atom stereocenters. The summed E-state index contributed by atoms with van der Waals surface area (Å²) in [6, 6.07) is 3.64. The highest BCUT2D eigenvalue weighted by molar-refractivity contribution is 5.52. The number of ether oxygens (including phenoxy) is 1. The van der Waals surface area contributed by atoms with E-state index < -0.39 is 0 Å². The Hall–Kier alpha value is -1.95. The summed E-state index contributed by atoms with van der Waals surface area (Å²) in [5, 5.41) is 6.82. The zero-order valence-electron chi connectivity index (χ0n) is 9.80. The van der Waals surface area contributed by atoms with Crippen LogP contribution in [0.5, 0.6) is 5.88 Å². The Morgan fingerprint density at radius 3 is 2.94 bits per heavy atom. The minimum atomic E-state index is 0.533. The van der Waals surface area contributed by atoms with Crippen LogP contribution in [0.15, 0.2) is 22.9 Å². The number of nitrogens with zero attached hydrogens (tertiary/aromatic N) is 3. The van der Waals surface area contributed by atoms with Crippen LogP contribution >= 0.6 is 0 Å². The minimum Gasteiger partial charge on any atom is -0.478 e. The molecule has 0 bridgehead atoms. The molecular formula is C11H14N4O2. The van der Waals surface area contributed by atoms with Crippen LogP contribution in [0.3, 0.4) is 0 Å². The molecule has 0 aromatic carbocycles. The van der Waals surface area contributed by atoms with Crippen LogP contribution in [0.1, 0.15) is 12.8 Å². The molecule has 0 spiro atoms. The summed E-state index contributed by atoms with van der Waals surface area (Å²) < 4.78 is 10.3. The van der Waals surface area contributed by atoms with Gasteiger partial charge >= 0.3 is 0 Å². The summed E-state index contributed by atoms with van der Waals surface area (Å²) in [5.74, 6) is 1.68. The summed E-state index contributed by atoms with van der Waals surface area (Å²) in [6.45, 7) is 3.07. The Kier molecular flexibility index (Phi) is 3.66. The van der Waals surface area contributed by atoms with E-state index >= 15 is 0 Å². The third-order valence-corrected chi connectivity index (χ3v) is 2.08. The number of nitrogens with one attached hydrogen (secondary N) is 1. The fourth-order valence-corrected chi connectivity index (χ4v) is 1.34. The molecule has 0 aliphatic rings. The van der Waals surface area contributed by atoms with Crippen LogP contribution in [0, 0.1) is 0 Å². The third-order valence-electron chi connectivity index (χ3n) is 2.08. The maximum Gasteiger partial charge on any atom is 0.240 e. The molecule has 0 saturated carbocycles. The summed E-state index contributed by atoms with van der Waals surface area (Å²) in [6.07, 6.45) is 1.67. The molecule has 6 nitrogen and oxygen atoms in total. The van der Waals surface area contributed by atoms with E-state index in [2.05, 4.69) is 20.4 Å². The van der Waals surface area contributed by atoms with Gasteiger partial charge in [-0.3, -0.25) is 0 Å². The first-order valence-corrected chi connectivity index (χ1v) is 5.40. The molecule has 0 aliphatic carbocycles. The molecule has 0 fully saturated rings. The molecule has 17 heavy (non-hydrogen) atoms. The normalized spacial score (nSPS) is 10.5. The first kappa shape index (κ1) is 11.5. The standard InChI is InChI=1S/C11H14N4O2/c1-3-16-9-5-4-8(6-13-9)11-14-10(7-12-2)17-15-11/h4-6,12H,3,7H2,1-2H3. The maximum absolute atomic E-state index is 5.26. The van der Waals surface area contributed by atoms with Gasteiger partial charge in [0.05, 0.1) is 13.2 Å². The van der Waals surface area contributed by atoms with Crippen LogP contribution in [-0.2, 0) is 6.54 Å². The van der Waals surface area contributed by atoms with Crippen molar-refractivity contribution in [3.8, 4) is 17.3 Å². The van der Waals surface area contributed by atoms with E-state index in [1.807, 2.05) is 20.0 Å². The first-order valence-electron chi connectivity index (χ1n) is 5.40. The van der Waals surface area contributed by atoms with E-state index in [4.69, 9.17) is 9.26 Å². The maximum atomic E-state index is 5.26. The smallest absolute Gasteiger partial charge is 0.240 e. The van der Waals surface area contributed by atoms with Crippen LogP contribution in [-0.4, -0.2) is 28.8 Å². The first-order chi connectivity index (χ1) is 8.33.